The number of ether oxygens (including phenoxy) is 2. The predicted molar refractivity (Wildman–Crippen MR) is 81.3 cm³/mol. The molecule has 0 bridgehead atoms. The summed E-state index contributed by atoms with van der Waals surface area (Å²) in [5.74, 6) is -0.379. The highest BCUT2D eigenvalue weighted by atomic mass is 19.1. The van der Waals surface area contributed by atoms with Crippen LogP contribution >= 0.6 is 0 Å². The normalized spacial score (nSPS) is 14.7. The summed E-state index contributed by atoms with van der Waals surface area (Å²) in [5, 5.41) is 3.02. The van der Waals surface area contributed by atoms with E-state index in [9.17, 15) is 4.39 Å². The smallest absolute Gasteiger partial charge is 0.255 e. The van der Waals surface area contributed by atoms with E-state index in [1.807, 2.05) is 24.3 Å². The molecule has 7 heteroatoms. The van der Waals surface area contributed by atoms with Crippen molar-refractivity contribution in [1.82, 2.24) is 9.97 Å². The van der Waals surface area contributed by atoms with Gasteiger partial charge in [-0.2, -0.15) is 9.37 Å². The minimum Gasteiger partial charge on any atom is -0.479 e. The lowest BCUT2D eigenvalue weighted by molar-refractivity contribution is 0.122. The van der Waals surface area contributed by atoms with Gasteiger partial charge in [-0.05, 0) is 24.3 Å². The molecule has 0 spiro atoms. The van der Waals surface area contributed by atoms with Crippen molar-refractivity contribution in [2.75, 3.05) is 43.6 Å². The van der Waals surface area contributed by atoms with Gasteiger partial charge < -0.3 is 19.7 Å². The quantitative estimate of drug-likeness (QED) is 0.934. The van der Waals surface area contributed by atoms with Gasteiger partial charge in [-0.25, -0.2) is 4.98 Å². The highest BCUT2D eigenvalue weighted by Gasteiger charge is 2.11. The predicted octanol–water partition coefficient (Wildman–Crippen LogP) is 2.20. The minimum absolute atomic E-state index is 0.0811. The minimum atomic E-state index is -0.587. The summed E-state index contributed by atoms with van der Waals surface area (Å²) < 4.78 is 23.5. The lowest BCUT2D eigenvalue weighted by Crippen LogP contribution is -2.36. The Balaban J connectivity index is 1.70. The summed E-state index contributed by atoms with van der Waals surface area (Å²) in [6.07, 6.45) is 1.08. The highest BCUT2D eigenvalue weighted by Crippen LogP contribution is 2.22. The molecule has 0 amide bonds. The Labute approximate surface area is 127 Å². The number of hydrogen-bond acceptors (Lipinski definition) is 6. The largest absolute Gasteiger partial charge is 0.479 e. The van der Waals surface area contributed by atoms with E-state index < -0.39 is 5.82 Å². The summed E-state index contributed by atoms with van der Waals surface area (Å²) in [6.45, 7) is 3.29. The van der Waals surface area contributed by atoms with Gasteiger partial charge in [0.2, 0.25) is 11.8 Å². The fourth-order valence-electron chi connectivity index (χ4n) is 2.26. The number of aromatic nitrogens is 2. The van der Waals surface area contributed by atoms with Gasteiger partial charge in [-0.3, -0.25) is 0 Å². The number of methoxy groups -OCH3 is 1. The molecule has 1 aromatic carbocycles. The summed E-state index contributed by atoms with van der Waals surface area (Å²) >= 11 is 0. The van der Waals surface area contributed by atoms with E-state index in [1.165, 1.54) is 7.11 Å². The van der Waals surface area contributed by atoms with Crippen LogP contribution in [0.4, 0.5) is 21.7 Å². The molecule has 0 saturated carbocycles. The molecule has 0 radical (unpaired) electrons. The van der Waals surface area contributed by atoms with Crippen LogP contribution in [0.25, 0.3) is 0 Å². The van der Waals surface area contributed by atoms with Gasteiger partial charge in [0, 0.05) is 24.5 Å². The Bertz CT molecular complexity index is 630. The second-order valence-corrected chi connectivity index (χ2v) is 4.82. The van der Waals surface area contributed by atoms with Crippen molar-refractivity contribution in [3.05, 3.63) is 36.3 Å². The number of hydrogen-bond donors (Lipinski definition) is 1. The average molecular weight is 304 g/mol. The monoisotopic (exact) mass is 304 g/mol. The van der Waals surface area contributed by atoms with E-state index >= 15 is 0 Å². The Morgan fingerprint density at radius 1 is 1.23 bits per heavy atom. The molecule has 116 valence electrons. The van der Waals surface area contributed by atoms with Crippen LogP contribution in [0.15, 0.2) is 30.5 Å². The molecule has 0 aliphatic carbocycles. The molecule has 1 aliphatic rings. The maximum atomic E-state index is 13.3. The SMILES string of the molecule is COc1nc(Nc2ccc(N3CCOCC3)cc2)ncc1F. The third-order valence-corrected chi connectivity index (χ3v) is 3.40. The van der Waals surface area contributed by atoms with E-state index in [0.717, 1.165) is 43.9 Å². The number of benzene rings is 1. The summed E-state index contributed by atoms with van der Waals surface area (Å²) in [4.78, 5) is 10.1. The number of halogens is 1. The molecule has 6 nitrogen and oxygen atoms in total. The lowest BCUT2D eigenvalue weighted by atomic mass is 10.2. The maximum Gasteiger partial charge on any atom is 0.255 e. The number of rotatable bonds is 4. The average Bonchev–Trinajstić information content (AvgIpc) is 2.58. The van der Waals surface area contributed by atoms with Gasteiger partial charge in [-0.15, -0.1) is 0 Å². The summed E-state index contributed by atoms with van der Waals surface area (Å²) in [7, 11) is 1.37. The Morgan fingerprint density at radius 3 is 2.64 bits per heavy atom. The number of nitrogens with zero attached hydrogens (tertiary/aromatic N) is 3. The Morgan fingerprint density at radius 2 is 1.95 bits per heavy atom. The Kier molecular flexibility index (Phi) is 4.34. The first-order valence-electron chi connectivity index (χ1n) is 7.02. The molecule has 1 fully saturated rings. The van der Waals surface area contributed by atoms with Crippen molar-refractivity contribution in [3.63, 3.8) is 0 Å². The van der Waals surface area contributed by atoms with Crippen LogP contribution < -0.4 is 15.0 Å². The van der Waals surface area contributed by atoms with Gasteiger partial charge in [0.05, 0.1) is 26.5 Å². The molecule has 2 heterocycles. The van der Waals surface area contributed by atoms with Crippen LogP contribution in [0.5, 0.6) is 5.88 Å². The van der Waals surface area contributed by atoms with Crippen molar-refractivity contribution in [1.29, 1.82) is 0 Å². The number of nitrogens with one attached hydrogen (secondary N) is 1. The molecule has 3 rings (SSSR count). The zero-order chi connectivity index (χ0) is 15.4. The first kappa shape index (κ1) is 14.5. The molecule has 0 atom stereocenters. The van der Waals surface area contributed by atoms with Crippen LogP contribution in [0, 0.1) is 5.82 Å². The van der Waals surface area contributed by atoms with Gasteiger partial charge in [-0.1, -0.05) is 0 Å². The van der Waals surface area contributed by atoms with E-state index in [-0.39, 0.29) is 11.8 Å². The van der Waals surface area contributed by atoms with Crippen LogP contribution in [-0.2, 0) is 4.74 Å². The standard InChI is InChI=1S/C15H17FN4O2/c1-21-14-13(16)10-17-15(19-14)18-11-2-4-12(5-3-11)20-6-8-22-9-7-20/h2-5,10H,6-9H2,1H3,(H,17,18,19). The lowest BCUT2D eigenvalue weighted by Gasteiger charge is -2.28. The van der Waals surface area contributed by atoms with Crippen molar-refractivity contribution >= 4 is 17.3 Å². The zero-order valence-corrected chi connectivity index (χ0v) is 12.3. The van der Waals surface area contributed by atoms with E-state index in [0.29, 0.717) is 0 Å². The highest BCUT2D eigenvalue weighted by molar-refractivity contribution is 5.59. The van der Waals surface area contributed by atoms with Gasteiger partial charge >= 0.3 is 0 Å². The molecule has 1 aliphatic heterocycles. The van der Waals surface area contributed by atoms with Crippen LogP contribution in [0.3, 0.4) is 0 Å². The molecular formula is C15H17FN4O2. The third-order valence-electron chi connectivity index (χ3n) is 3.40. The topological polar surface area (TPSA) is 59.5 Å². The van der Waals surface area contributed by atoms with Crippen LogP contribution in [0.2, 0.25) is 0 Å². The fraction of sp³-hybridized carbons (Fsp3) is 0.333. The maximum absolute atomic E-state index is 13.3. The van der Waals surface area contributed by atoms with Crippen LogP contribution in [0.1, 0.15) is 0 Å². The molecule has 1 N–H and O–H groups in total. The Hall–Kier alpha value is -2.41. The van der Waals surface area contributed by atoms with Gasteiger partial charge in [0.25, 0.3) is 5.88 Å². The fourth-order valence-corrected chi connectivity index (χ4v) is 2.26. The van der Waals surface area contributed by atoms with Gasteiger partial charge in [0.1, 0.15) is 0 Å². The molecule has 2 aromatic rings. The molecular weight excluding hydrogens is 287 g/mol. The zero-order valence-electron chi connectivity index (χ0n) is 12.3. The third kappa shape index (κ3) is 3.25. The van der Waals surface area contributed by atoms with E-state index in [1.54, 1.807) is 0 Å². The second-order valence-electron chi connectivity index (χ2n) is 4.82. The van der Waals surface area contributed by atoms with E-state index in [4.69, 9.17) is 9.47 Å². The number of morpholine rings is 1. The van der Waals surface area contributed by atoms with Crippen molar-refractivity contribution in [3.8, 4) is 5.88 Å². The molecule has 1 saturated heterocycles. The molecule has 1 aromatic heterocycles. The van der Waals surface area contributed by atoms with E-state index in [2.05, 4.69) is 20.2 Å². The van der Waals surface area contributed by atoms with Crippen LogP contribution in [-0.4, -0.2) is 43.4 Å². The van der Waals surface area contributed by atoms with Crippen molar-refractivity contribution in [2.24, 2.45) is 0 Å². The summed E-state index contributed by atoms with van der Waals surface area (Å²) in [6, 6.07) is 7.91. The molecule has 0 unspecified atom stereocenters. The summed E-state index contributed by atoms with van der Waals surface area (Å²) in [5.41, 5.74) is 1.97. The van der Waals surface area contributed by atoms with Gasteiger partial charge in [0.15, 0.2) is 0 Å². The number of anilines is 3. The van der Waals surface area contributed by atoms with Crippen molar-refractivity contribution < 1.29 is 13.9 Å². The molecule has 22 heavy (non-hydrogen) atoms. The first-order valence-corrected chi connectivity index (χ1v) is 7.02. The van der Waals surface area contributed by atoms with Crippen molar-refractivity contribution in [2.45, 2.75) is 0 Å². The first-order chi connectivity index (χ1) is 10.8. The second kappa shape index (κ2) is 6.57.